The molecule has 1 saturated carbocycles. The van der Waals surface area contributed by atoms with Gasteiger partial charge in [-0.05, 0) is 38.3 Å². The molecule has 0 aromatic heterocycles. The first-order valence-corrected chi connectivity index (χ1v) is 8.32. The van der Waals surface area contributed by atoms with E-state index < -0.39 is 40.5 Å². The number of aliphatic hydroxyl groups excluding tert-OH is 1. The second kappa shape index (κ2) is 4.91. The summed E-state index contributed by atoms with van der Waals surface area (Å²) < 4.78 is 11.1. The molecule has 6 nitrogen and oxygen atoms in total. The Morgan fingerprint density at radius 1 is 1.29 bits per heavy atom. The van der Waals surface area contributed by atoms with E-state index in [0.29, 0.717) is 18.4 Å². The minimum atomic E-state index is -1.35. The minimum Gasteiger partial charge on any atom is -0.456 e. The summed E-state index contributed by atoms with van der Waals surface area (Å²) in [7, 11) is 0. The summed E-state index contributed by atoms with van der Waals surface area (Å²) in [6.07, 6.45) is 0.317. The third-order valence-electron chi connectivity index (χ3n) is 6.75. The molecule has 1 aliphatic heterocycles. The van der Waals surface area contributed by atoms with Gasteiger partial charge in [0.1, 0.15) is 12.2 Å². The molecule has 1 heterocycles. The zero-order valence-electron chi connectivity index (χ0n) is 14.7. The quantitative estimate of drug-likeness (QED) is 0.770. The summed E-state index contributed by atoms with van der Waals surface area (Å²) >= 11 is 0. The molecule has 132 valence electrons. The summed E-state index contributed by atoms with van der Waals surface area (Å²) in [6.45, 7) is 8.73. The predicted molar refractivity (Wildman–Crippen MR) is 83.8 cm³/mol. The Morgan fingerprint density at radius 3 is 2.42 bits per heavy atom. The number of esters is 2. The van der Waals surface area contributed by atoms with Crippen molar-refractivity contribution in [3.8, 4) is 0 Å². The molecule has 24 heavy (non-hydrogen) atoms. The van der Waals surface area contributed by atoms with Crippen molar-refractivity contribution < 1.29 is 29.0 Å². The fourth-order valence-electron chi connectivity index (χ4n) is 4.22. The maximum Gasteiger partial charge on any atom is 0.351 e. The lowest BCUT2D eigenvalue weighted by Gasteiger charge is -2.38. The van der Waals surface area contributed by atoms with Gasteiger partial charge in [-0.15, -0.1) is 0 Å². The number of aliphatic hydroxyl groups is 1. The molecule has 0 radical (unpaired) electrons. The van der Waals surface area contributed by atoms with E-state index in [-0.39, 0.29) is 11.8 Å². The summed E-state index contributed by atoms with van der Waals surface area (Å²) in [6, 6.07) is 0. The van der Waals surface area contributed by atoms with Crippen molar-refractivity contribution in [2.75, 3.05) is 0 Å². The lowest BCUT2D eigenvalue weighted by molar-refractivity contribution is -0.193. The van der Waals surface area contributed by atoms with E-state index in [0.717, 1.165) is 0 Å². The molecule has 1 saturated heterocycles. The van der Waals surface area contributed by atoms with Crippen molar-refractivity contribution in [2.45, 2.75) is 65.3 Å². The third-order valence-corrected chi connectivity index (χ3v) is 6.75. The van der Waals surface area contributed by atoms with Gasteiger partial charge in [-0.25, -0.2) is 4.79 Å². The highest BCUT2D eigenvalue weighted by atomic mass is 16.6. The number of allylic oxidation sites excluding steroid dienone is 1. The molecule has 0 unspecified atom stereocenters. The molecule has 0 spiro atoms. The monoisotopic (exact) mass is 336 g/mol. The highest BCUT2D eigenvalue weighted by Crippen LogP contribution is 2.65. The molecule has 2 bridgehead atoms. The summed E-state index contributed by atoms with van der Waals surface area (Å²) in [5.41, 5.74) is -2.33. The van der Waals surface area contributed by atoms with Crippen LogP contribution in [0.2, 0.25) is 0 Å². The van der Waals surface area contributed by atoms with Crippen LogP contribution >= 0.6 is 0 Å². The molecule has 3 aliphatic rings. The van der Waals surface area contributed by atoms with Crippen LogP contribution in [0.4, 0.5) is 0 Å². The highest BCUT2D eigenvalue weighted by molar-refractivity contribution is 5.96. The van der Waals surface area contributed by atoms with Crippen LogP contribution in [0, 0.1) is 16.7 Å². The van der Waals surface area contributed by atoms with Gasteiger partial charge in [-0.2, -0.15) is 0 Å². The standard InChI is InChI=1S/C18H24O6/c1-9-8-11(19)10(2)13(12(9)20)23-15(22)18-7-6-17(5,14(21)24-18)16(18,3)4/h8,10,12-13,20H,6-7H2,1-5H3/t10-,12+,13-,17+,18-/m1/s1. The number of hydrogen-bond donors (Lipinski definition) is 1. The van der Waals surface area contributed by atoms with Crippen molar-refractivity contribution in [1.29, 1.82) is 0 Å². The number of fused-ring (bicyclic) bond motifs is 2. The van der Waals surface area contributed by atoms with Gasteiger partial charge >= 0.3 is 11.9 Å². The van der Waals surface area contributed by atoms with Crippen molar-refractivity contribution in [3.05, 3.63) is 11.6 Å². The number of ether oxygens (including phenoxy) is 2. The third kappa shape index (κ3) is 1.83. The van der Waals surface area contributed by atoms with Crippen LogP contribution in [0.5, 0.6) is 0 Å². The Labute approximate surface area is 141 Å². The molecule has 0 aromatic rings. The van der Waals surface area contributed by atoms with E-state index in [2.05, 4.69) is 0 Å². The molecule has 5 atom stereocenters. The van der Waals surface area contributed by atoms with Crippen molar-refractivity contribution >= 4 is 17.7 Å². The largest absolute Gasteiger partial charge is 0.456 e. The van der Waals surface area contributed by atoms with Crippen LogP contribution in [0.1, 0.15) is 47.5 Å². The maximum absolute atomic E-state index is 13.0. The van der Waals surface area contributed by atoms with Gasteiger partial charge in [0.15, 0.2) is 5.78 Å². The Kier molecular flexibility index (Phi) is 3.51. The molecule has 6 heteroatoms. The van der Waals surface area contributed by atoms with Gasteiger partial charge in [0.2, 0.25) is 5.60 Å². The van der Waals surface area contributed by atoms with E-state index in [1.807, 2.05) is 20.8 Å². The van der Waals surface area contributed by atoms with Crippen LogP contribution in [-0.4, -0.2) is 40.6 Å². The number of hydrogen-bond acceptors (Lipinski definition) is 6. The average Bonchev–Trinajstić information content (AvgIpc) is 2.79. The zero-order valence-corrected chi connectivity index (χ0v) is 14.7. The lowest BCUT2D eigenvalue weighted by Crippen LogP contribution is -2.53. The Bertz CT molecular complexity index is 662. The number of ketones is 1. The fraction of sp³-hybridized carbons (Fsp3) is 0.722. The second-order valence-electron chi connectivity index (χ2n) is 8.07. The van der Waals surface area contributed by atoms with Crippen LogP contribution in [0.15, 0.2) is 11.6 Å². The first-order valence-electron chi connectivity index (χ1n) is 8.32. The van der Waals surface area contributed by atoms with E-state index in [1.165, 1.54) is 6.08 Å². The Balaban J connectivity index is 1.90. The summed E-state index contributed by atoms with van der Waals surface area (Å²) in [5.74, 6) is -1.88. The summed E-state index contributed by atoms with van der Waals surface area (Å²) in [5, 5.41) is 10.3. The van der Waals surface area contributed by atoms with Gasteiger partial charge in [-0.3, -0.25) is 9.59 Å². The average molecular weight is 336 g/mol. The van der Waals surface area contributed by atoms with Crippen LogP contribution in [0.25, 0.3) is 0 Å². The molecule has 2 fully saturated rings. The van der Waals surface area contributed by atoms with Gasteiger partial charge in [0.05, 0.1) is 11.3 Å². The maximum atomic E-state index is 13.0. The zero-order chi connectivity index (χ0) is 18.1. The smallest absolute Gasteiger partial charge is 0.351 e. The first-order chi connectivity index (χ1) is 11.0. The molecule has 0 amide bonds. The van der Waals surface area contributed by atoms with Gasteiger partial charge in [-0.1, -0.05) is 20.8 Å². The molecule has 2 aliphatic carbocycles. The van der Waals surface area contributed by atoms with Crippen LogP contribution in [0.3, 0.4) is 0 Å². The van der Waals surface area contributed by atoms with Gasteiger partial charge < -0.3 is 14.6 Å². The molecule has 3 rings (SSSR count). The topological polar surface area (TPSA) is 89.9 Å². The van der Waals surface area contributed by atoms with Gasteiger partial charge in [0, 0.05) is 5.41 Å². The van der Waals surface area contributed by atoms with Crippen LogP contribution < -0.4 is 0 Å². The number of carbonyl (C=O) groups excluding carboxylic acids is 3. The van der Waals surface area contributed by atoms with E-state index >= 15 is 0 Å². The van der Waals surface area contributed by atoms with E-state index in [9.17, 15) is 19.5 Å². The van der Waals surface area contributed by atoms with Crippen molar-refractivity contribution in [2.24, 2.45) is 16.7 Å². The lowest BCUT2D eigenvalue weighted by atomic mass is 9.66. The second-order valence-corrected chi connectivity index (χ2v) is 8.07. The van der Waals surface area contributed by atoms with E-state index in [4.69, 9.17) is 9.47 Å². The molecular weight excluding hydrogens is 312 g/mol. The fourth-order valence-corrected chi connectivity index (χ4v) is 4.22. The molecule has 0 aromatic carbocycles. The number of carbonyl (C=O) groups is 3. The predicted octanol–water partition coefficient (Wildman–Crippen LogP) is 1.55. The normalized spacial score (nSPS) is 43.4. The minimum absolute atomic E-state index is 0.188. The Hall–Kier alpha value is -1.69. The van der Waals surface area contributed by atoms with Crippen molar-refractivity contribution in [3.63, 3.8) is 0 Å². The Morgan fingerprint density at radius 2 is 1.92 bits per heavy atom. The van der Waals surface area contributed by atoms with E-state index in [1.54, 1.807) is 13.8 Å². The summed E-state index contributed by atoms with van der Waals surface area (Å²) in [4.78, 5) is 37.2. The highest BCUT2D eigenvalue weighted by Gasteiger charge is 2.76. The van der Waals surface area contributed by atoms with Crippen LogP contribution in [-0.2, 0) is 23.9 Å². The SMILES string of the molecule is CC1=CC(=O)[C@@H](C)[C@@H](OC(=O)[C@@]23CC[C@@](C)(C(=O)O2)C3(C)C)[C@H]1O. The number of rotatable bonds is 2. The molecular formula is C18H24O6. The molecule has 1 N–H and O–H groups in total. The van der Waals surface area contributed by atoms with Gasteiger partial charge in [0.25, 0.3) is 0 Å². The van der Waals surface area contributed by atoms with Crippen molar-refractivity contribution in [1.82, 2.24) is 0 Å². The first kappa shape index (κ1) is 17.1.